The van der Waals surface area contributed by atoms with E-state index < -0.39 is 18.2 Å². The Morgan fingerprint density at radius 1 is 1.26 bits per heavy atom. The van der Waals surface area contributed by atoms with Crippen molar-refractivity contribution in [3.63, 3.8) is 0 Å². The first kappa shape index (κ1) is 22.4. The van der Waals surface area contributed by atoms with Crippen LogP contribution < -0.4 is 10.4 Å². The van der Waals surface area contributed by atoms with Gasteiger partial charge in [-0.2, -0.15) is 0 Å². The summed E-state index contributed by atoms with van der Waals surface area (Å²) in [5.74, 6) is 0.0268. The van der Waals surface area contributed by atoms with E-state index in [0.717, 1.165) is 6.42 Å². The molecule has 0 aliphatic rings. The minimum atomic E-state index is -1.11. The van der Waals surface area contributed by atoms with E-state index in [4.69, 9.17) is 14.3 Å². The monoisotopic (exact) mass is 441 g/mol. The molecule has 1 aromatic carbocycles. The van der Waals surface area contributed by atoms with Gasteiger partial charge in [0, 0.05) is 23.9 Å². The van der Waals surface area contributed by atoms with Crippen LogP contribution in [-0.4, -0.2) is 33.5 Å². The third-order valence-corrected chi connectivity index (χ3v) is 5.87. The van der Waals surface area contributed by atoms with Crippen LogP contribution in [0.15, 0.2) is 62.8 Å². The molecule has 0 amide bonds. The zero-order chi connectivity index (χ0) is 22.4. The second-order valence-electron chi connectivity index (χ2n) is 7.07. The highest BCUT2D eigenvalue weighted by molar-refractivity contribution is 7.99. The lowest BCUT2D eigenvalue weighted by Crippen LogP contribution is -2.10. The molecule has 3 aromatic rings. The number of hydrogen-bond donors (Lipinski definition) is 2. The number of rotatable bonds is 9. The highest BCUT2D eigenvalue weighted by Gasteiger charge is 2.15. The summed E-state index contributed by atoms with van der Waals surface area (Å²) in [6.07, 6.45) is 2.23. The van der Waals surface area contributed by atoms with Crippen LogP contribution in [0.3, 0.4) is 0 Å². The largest absolute Gasteiger partial charge is 0.506 e. The number of benzene rings is 1. The molecule has 31 heavy (non-hydrogen) atoms. The molecule has 0 spiro atoms. The van der Waals surface area contributed by atoms with Gasteiger partial charge < -0.3 is 19.4 Å². The Morgan fingerprint density at radius 3 is 2.68 bits per heavy atom. The third kappa shape index (κ3) is 5.88. The number of aromatic hydroxyl groups is 1. The van der Waals surface area contributed by atoms with Crippen LogP contribution in [0, 0.1) is 6.92 Å². The number of aryl methyl sites for hydroxylation is 1. The Balaban J connectivity index is 1.66. The lowest BCUT2D eigenvalue weighted by molar-refractivity contribution is -0.139. The van der Waals surface area contributed by atoms with Gasteiger partial charge in [-0.1, -0.05) is 31.2 Å². The highest BCUT2D eigenvalue weighted by atomic mass is 32.2. The van der Waals surface area contributed by atoms with E-state index in [-0.39, 0.29) is 22.3 Å². The van der Waals surface area contributed by atoms with Gasteiger partial charge in [0.15, 0.2) is 6.61 Å². The van der Waals surface area contributed by atoms with Gasteiger partial charge in [0.25, 0.3) is 0 Å². The summed E-state index contributed by atoms with van der Waals surface area (Å²) < 4.78 is 10.3. The fourth-order valence-corrected chi connectivity index (χ4v) is 4.17. The van der Waals surface area contributed by atoms with Crippen LogP contribution in [0.5, 0.6) is 11.6 Å². The molecule has 8 heteroatoms. The summed E-state index contributed by atoms with van der Waals surface area (Å²) in [6.45, 7) is 3.72. The van der Waals surface area contributed by atoms with Crippen LogP contribution in [0.25, 0.3) is 11.3 Å². The first-order valence-electron chi connectivity index (χ1n) is 9.71. The summed E-state index contributed by atoms with van der Waals surface area (Å²) in [6, 6.07) is 12.6. The molecule has 0 aliphatic carbocycles. The van der Waals surface area contributed by atoms with Crippen LogP contribution in [0.4, 0.5) is 0 Å². The van der Waals surface area contributed by atoms with E-state index in [2.05, 4.69) is 31.0 Å². The molecular weight excluding hydrogens is 418 g/mol. The fourth-order valence-electron chi connectivity index (χ4n) is 3.13. The number of carboxylic acid groups (broad SMARTS) is 1. The van der Waals surface area contributed by atoms with Crippen LogP contribution in [0.1, 0.15) is 30.4 Å². The standard InChI is InChI=1S/C23H23NO6S/c1-14-5-3-4-6-17(14)15(2)9-10-31-22-18(25)11-19(30-23(22)28)16-7-8-20(24-12-16)29-13-21(26)27/h3-8,11-12,15,25H,9-10,13H2,1-2H3,(H,26,27). The van der Waals surface area contributed by atoms with Gasteiger partial charge in [0.2, 0.25) is 5.88 Å². The molecule has 1 atom stereocenters. The van der Waals surface area contributed by atoms with Crippen LogP contribution in [0.2, 0.25) is 0 Å². The lowest BCUT2D eigenvalue weighted by Gasteiger charge is -2.14. The van der Waals surface area contributed by atoms with Gasteiger partial charge in [0.1, 0.15) is 16.4 Å². The number of thioether (sulfide) groups is 1. The van der Waals surface area contributed by atoms with E-state index >= 15 is 0 Å². The maximum absolute atomic E-state index is 12.4. The molecule has 0 radical (unpaired) electrons. The number of carboxylic acids is 1. The molecule has 0 aliphatic heterocycles. The summed E-state index contributed by atoms with van der Waals surface area (Å²) >= 11 is 1.27. The van der Waals surface area contributed by atoms with Crippen molar-refractivity contribution in [2.24, 2.45) is 0 Å². The summed E-state index contributed by atoms with van der Waals surface area (Å²) in [5, 5.41) is 19.0. The van der Waals surface area contributed by atoms with Crippen molar-refractivity contribution < 1.29 is 24.2 Å². The maximum Gasteiger partial charge on any atom is 0.353 e. The number of ether oxygens (including phenoxy) is 1. The van der Waals surface area contributed by atoms with Crippen molar-refractivity contribution in [2.75, 3.05) is 12.4 Å². The van der Waals surface area contributed by atoms with Crippen molar-refractivity contribution >= 4 is 17.7 Å². The van der Waals surface area contributed by atoms with Gasteiger partial charge in [-0.3, -0.25) is 0 Å². The molecule has 1 unspecified atom stereocenters. The van der Waals surface area contributed by atoms with Gasteiger partial charge in [-0.25, -0.2) is 14.6 Å². The van der Waals surface area contributed by atoms with Gasteiger partial charge in [0.05, 0.1) is 0 Å². The molecule has 2 aromatic heterocycles. The summed E-state index contributed by atoms with van der Waals surface area (Å²) in [5.41, 5.74) is 2.35. The number of pyridine rings is 1. The van der Waals surface area contributed by atoms with Crippen LogP contribution >= 0.6 is 11.8 Å². The van der Waals surface area contributed by atoms with Gasteiger partial charge in [-0.05, 0) is 42.2 Å². The maximum atomic E-state index is 12.4. The minimum Gasteiger partial charge on any atom is -0.506 e. The first-order valence-corrected chi connectivity index (χ1v) is 10.7. The van der Waals surface area contributed by atoms with E-state index in [1.54, 1.807) is 6.07 Å². The number of aromatic nitrogens is 1. The van der Waals surface area contributed by atoms with Gasteiger partial charge in [-0.15, -0.1) is 11.8 Å². The van der Waals surface area contributed by atoms with Crippen molar-refractivity contribution in [2.45, 2.75) is 31.1 Å². The predicted octanol–water partition coefficient (Wildman–Crippen LogP) is 4.47. The second-order valence-corrected chi connectivity index (χ2v) is 8.18. The quantitative estimate of drug-likeness (QED) is 0.468. The Bertz CT molecular complexity index is 1110. The fraction of sp³-hybridized carbons (Fsp3) is 0.261. The Morgan fingerprint density at radius 2 is 2.03 bits per heavy atom. The van der Waals surface area contributed by atoms with E-state index in [1.165, 1.54) is 41.2 Å². The van der Waals surface area contributed by atoms with Crippen molar-refractivity contribution in [1.29, 1.82) is 0 Å². The normalized spacial score (nSPS) is 11.8. The highest BCUT2D eigenvalue weighted by Crippen LogP contribution is 2.32. The topological polar surface area (TPSA) is 110 Å². The molecular formula is C23H23NO6S. The smallest absolute Gasteiger partial charge is 0.353 e. The zero-order valence-corrected chi connectivity index (χ0v) is 18.0. The predicted molar refractivity (Wildman–Crippen MR) is 118 cm³/mol. The molecule has 2 heterocycles. The Kier molecular flexibility index (Phi) is 7.36. The average molecular weight is 442 g/mol. The number of nitrogens with zero attached hydrogens (tertiary/aromatic N) is 1. The second kappa shape index (κ2) is 10.2. The zero-order valence-electron chi connectivity index (χ0n) is 17.2. The number of aliphatic carboxylic acids is 1. The molecule has 0 fully saturated rings. The summed E-state index contributed by atoms with van der Waals surface area (Å²) in [4.78, 5) is 27.1. The molecule has 3 rings (SSSR count). The molecule has 2 N–H and O–H groups in total. The van der Waals surface area contributed by atoms with Crippen molar-refractivity contribution in [3.8, 4) is 23.0 Å². The van der Waals surface area contributed by atoms with Gasteiger partial charge >= 0.3 is 11.6 Å². The summed E-state index contributed by atoms with van der Waals surface area (Å²) in [7, 11) is 0. The Hall–Kier alpha value is -3.26. The lowest BCUT2D eigenvalue weighted by atomic mass is 9.95. The third-order valence-electron chi connectivity index (χ3n) is 4.77. The van der Waals surface area contributed by atoms with Crippen LogP contribution in [-0.2, 0) is 4.79 Å². The minimum absolute atomic E-state index is 0.132. The van der Waals surface area contributed by atoms with E-state index in [0.29, 0.717) is 17.2 Å². The molecule has 0 saturated heterocycles. The number of hydrogen-bond acceptors (Lipinski definition) is 7. The first-order chi connectivity index (χ1) is 14.8. The Labute approximate surface area is 183 Å². The number of carbonyl (C=O) groups is 1. The van der Waals surface area contributed by atoms with E-state index in [9.17, 15) is 14.7 Å². The molecule has 162 valence electrons. The van der Waals surface area contributed by atoms with Crippen molar-refractivity contribution in [1.82, 2.24) is 4.98 Å². The molecule has 7 nitrogen and oxygen atoms in total. The molecule has 0 saturated carbocycles. The molecule has 0 bridgehead atoms. The van der Waals surface area contributed by atoms with Crippen molar-refractivity contribution in [3.05, 3.63) is 70.2 Å². The SMILES string of the molecule is Cc1ccccc1C(C)CCSc1c(O)cc(-c2ccc(OCC(=O)O)nc2)oc1=O. The van der Waals surface area contributed by atoms with E-state index in [1.807, 2.05) is 12.1 Å². The average Bonchev–Trinajstić information content (AvgIpc) is 2.74.